The van der Waals surface area contributed by atoms with Crippen molar-refractivity contribution in [1.82, 2.24) is 4.90 Å². The predicted molar refractivity (Wildman–Crippen MR) is 125 cm³/mol. The van der Waals surface area contributed by atoms with Crippen LogP contribution in [0.15, 0.2) is 48.2 Å². The predicted octanol–water partition coefficient (Wildman–Crippen LogP) is 3.88. The van der Waals surface area contributed by atoms with E-state index in [0.29, 0.717) is 22.5 Å². The van der Waals surface area contributed by atoms with E-state index in [0.717, 1.165) is 11.1 Å². The van der Waals surface area contributed by atoms with Gasteiger partial charge in [-0.05, 0) is 68.7 Å². The van der Waals surface area contributed by atoms with Crippen LogP contribution in [0.2, 0.25) is 0 Å². The molecule has 0 spiro atoms. The second-order valence-electron chi connectivity index (χ2n) is 8.11. The van der Waals surface area contributed by atoms with Crippen molar-refractivity contribution in [2.45, 2.75) is 40.7 Å². The van der Waals surface area contributed by atoms with Crippen molar-refractivity contribution in [2.24, 2.45) is 0 Å². The molecule has 2 aromatic carbocycles. The van der Waals surface area contributed by atoms with E-state index in [1.165, 1.54) is 11.8 Å². The van der Waals surface area contributed by atoms with Gasteiger partial charge in [-0.15, -0.1) is 0 Å². The van der Waals surface area contributed by atoms with Crippen LogP contribution in [0.25, 0.3) is 5.57 Å². The molecule has 0 fully saturated rings. The molecule has 1 aliphatic rings. The molecule has 0 aromatic heterocycles. The SMILES string of the molecule is CC(=O)Nc1ccc(NC2=C(c3ccc(C)c(C)c3)C(=O)N(CCOC(C)C)C2=O)cc1. The number of hydrogen-bond donors (Lipinski definition) is 2. The maximum atomic E-state index is 13.3. The first-order valence-electron chi connectivity index (χ1n) is 10.6. The Kier molecular flexibility index (Phi) is 7.10. The Balaban J connectivity index is 1.94. The maximum absolute atomic E-state index is 13.3. The summed E-state index contributed by atoms with van der Waals surface area (Å²) in [6, 6.07) is 12.7. The van der Waals surface area contributed by atoms with Crippen LogP contribution in [-0.4, -0.2) is 41.9 Å². The average molecular weight is 436 g/mol. The van der Waals surface area contributed by atoms with E-state index in [4.69, 9.17) is 4.74 Å². The lowest BCUT2D eigenvalue weighted by Gasteiger charge is -2.16. The van der Waals surface area contributed by atoms with Crippen LogP contribution in [0.5, 0.6) is 0 Å². The molecule has 2 N–H and O–H groups in total. The Morgan fingerprint density at radius 3 is 2.22 bits per heavy atom. The van der Waals surface area contributed by atoms with Gasteiger partial charge in [-0.3, -0.25) is 19.3 Å². The van der Waals surface area contributed by atoms with E-state index in [9.17, 15) is 14.4 Å². The molecule has 168 valence electrons. The molecule has 7 heteroatoms. The first-order chi connectivity index (χ1) is 15.2. The lowest BCUT2D eigenvalue weighted by atomic mass is 9.99. The zero-order chi connectivity index (χ0) is 23.4. The van der Waals surface area contributed by atoms with E-state index < -0.39 is 0 Å². The minimum Gasteiger partial charge on any atom is -0.377 e. The Bertz CT molecular complexity index is 1070. The van der Waals surface area contributed by atoms with Crippen LogP contribution in [0.1, 0.15) is 37.5 Å². The van der Waals surface area contributed by atoms with Crippen LogP contribution in [0.3, 0.4) is 0 Å². The number of imide groups is 1. The highest BCUT2D eigenvalue weighted by Crippen LogP contribution is 2.31. The summed E-state index contributed by atoms with van der Waals surface area (Å²) < 4.78 is 5.56. The Labute approximate surface area is 188 Å². The largest absolute Gasteiger partial charge is 0.377 e. The van der Waals surface area contributed by atoms with Gasteiger partial charge in [0.2, 0.25) is 5.91 Å². The number of hydrogen-bond acceptors (Lipinski definition) is 5. The van der Waals surface area contributed by atoms with E-state index in [1.54, 1.807) is 24.3 Å². The zero-order valence-electron chi connectivity index (χ0n) is 19.1. The second kappa shape index (κ2) is 9.78. The van der Waals surface area contributed by atoms with Crippen LogP contribution < -0.4 is 10.6 Å². The molecule has 32 heavy (non-hydrogen) atoms. The number of aryl methyl sites for hydroxylation is 2. The van der Waals surface area contributed by atoms with Gasteiger partial charge in [-0.2, -0.15) is 0 Å². The summed E-state index contributed by atoms with van der Waals surface area (Å²) >= 11 is 0. The molecular weight excluding hydrogens is 406 g/mol. The van der Waals surface area contributed by atoms with Crippen molar-refractivity contribution >= 4 is 34.7 Å². The van der Waals surface area contributed by atoms with Crippen LogP contribution in [0, 0.1) is 13.8 Å². The number of ether oxygens (including phenoxy) is 1. The quantitative estimate of drug-likeness (QED) is 0.615. The zero-order valence-corrected chi connectivity index (χ0v) is 19.1. The van der Waals surface area contributed by atoms with Crippen LogP contribution in [0.4, 0.5) is 11.4 Å². The average Bonchev–Trinajstić information content (AvgIpc) is 2.95. The molecule has 0 bridgehead atoms. The van der Waals surface area contributed by atoms with Gasteiger partial charge < -0.3 is 15.4 Å². The molecule has 0 saturated carbocycles. The minimum absolute atomic E-state index is 0.00899. The van der Waals surface area contributed by atoms with Gasteiger partial charge >= 0.3 is 0 Å². The van der Waals surface area contributed by atoms with Crippen molar-refractivity contribution in [3.05, 3.63) is 64.9 Å². The lowest BCUT2D eigenvalue weighted by molar-refractivity contribution is -0.138. The Morgan fingerprint density at radius 2 is 1.62 bits per heavy atom. The standard InChI is InChI=1S/C25H29N3O4/c1-15(2)32-13-12-28-24(30)22(19-7-6-16(3)17(4)14-19)23(25(28)31)27-21-10-8-20(9-11-21)26-18(5)29/h6-11,14-15,27H,12-13H2,1-5H3,(H,26,29). The highest BCUT2D eigenvalue weighted by Gasteiger charge is 2.39. The van der Waals surface area contributed by atoms with Gasteiger partial charge in [0.15, 0.2) is 0 Å². The summed E-state index contributed by atoms with van der Waals surface area (Å²) in [7, 11) is 0. The van der Waals surface area contributed by atoms with E-state index in [-0.39, 0.29) is 42.7 Å². The van der Waals surface area contributed by atoms with Gasteiger partial charge in [0.25, 0.3) is 11.8 Å². The summed E-state index contributed by atoms with van der Waals surface area (Å²) in [5.41, 5.74) is 4.69. The van der Waals surface area contributed by atoms with E-state index >= 15 is 0 Å². The molecule has 1 heterocycles. The highest BCUT2D eigenvalue weighted by atomic mass is 16.5. The number of nitrogens with one attached hydrogen (secondary N) is 2. The minimum atomic E-state index is -0.387. The normalized spacial score (nSPS) is 13.9. The molecule has 3 rings (SSSR count). The van der Waals surface area contributed by atoms with Crippen molar-refractivity contribution < 1.29 is 19.1 Å². The summed E-state index contributed by atoms with van der Waals surface area (Å²) in [6.45, 7) is 9.68. The van der Waals surface area contributed by atoms with Crippen molar-refractivity contribution in [1.29, 1.82) is 0 Å². The molecule has 0 radical (unpaired) electrons. The maximum Gasteiger partial charge on any atom is 0.278 e. The van der Waals surface area contributed by atoms with Gasteiger partial charge in [-0.25, -0.2) is 0 Å². The first-order valence-corrected chi connectivity index (χ1v) is 10.6. The fourth-order valence-corrected chi connectivity index (χ4v) is 3.42. The fraction of sp³-hybridized carbons (Fsp3) is 0.320. The summed E-state index contributed by atoms with van der Waals surface area (Å²) in [4.78, 5) is 38.9. The molecule has 7 nitrogen and oxygen atoms in total. The molecule has 0 aliphatic carbocycles. The van der Waals surface area contributed by atoms with Crippen LogP contribution in [-0.2, 0) is 19.1 Å². The first kappa shape index (κ1) is 23.2. The molecule has 3 amide bonds. The Hall–Kier alpha value is -3.45. The lowest BCUT2D eigenvalue weighted by Crippen LogP contribution is -2.35. The van der Waals surface area contributed by atoms with Crippen molar-refractivity contribution in [3.63, 3.8) is 0 Å². The number of carbonyl (C=O) groups excluding carboxylic acids is 3. The van der Waals surface area contributed by atoms with Crippen molar-refractivity contribution in [2.75, 3.05) is 23.8 Å². The third kappa shape index (κ3) is 5.23. The highest BCUT2D eigenvalue weighted by molar-refractivity contribution is 6.36. The summed E-state index contributed by atoms with van der Waals surface area (Å²) in [6.07, 6.45) is 0.00899. The molecule has 2 aromatic rings. The molecular formula is C25H29N3O4. The monoisotopic (exact) mass is 435 g/mol. The molecule has 0 saturated heterocycles. The third-order valence-corrected chi connectivity index (χ3v) is 5.20. The van der Waals surface area contributed by atoms with Gasteiger partial charge in [-0.1, -0.05) is 18.2 Å². The smallest absolute Gasteiger partial charge is 0.278 e. The van der Waals surface area contributed by atoms with Gasteiger partial charge in [0.1, 0.15) is 5.70 Å². The third-order valence-electron chi connectivity index (χ3n) is 5.20. The van der Waals surface area contributed by atoms with Gasteiger partial charge in [0, 0.05) is 18.3 Å². The molecule has 0 unspecified atom stereocenters. The number of amides is 3. The molecule has 1 aliphatic heterocycles. The number of anilines is 2. The number of carbonyl (C=O) groups is 3. The number of nitrogens with zero attached hydrogens (tertiary/aromatic N) is 1. The molecule has 0 atom stereocenters. The van der Waals surface area contributed by atoms with Crippen molar-refractivity contribution in [3.8, 4) is 0 Å². The second-order valence-corrected chi connectivity index (χ2v) is 8.11. The topological polar surface area (TPSA) is 87.7 Å². The van der Waals surface area contributed by atoms with E-state index in [2.05, 4.69) is 10.6 Å². The number of rotatable bonds is 8. The van der Waals surface area contributed by atoms with Gasteiger partial charge in [0.05, 0.1) is 24.8 Å². The number of benzene rings is 2. The van der Waals surface area contributed by atoms with Crippen LogP contribution >= 0.6 is 0 Å². The summed E-state index contributed by atoms with van der Waals surface area (Å²) in [5.74, 6) is -0.897. The summed E-state index contributed by atoms with van der Waals surface area (Å²) in [5, 5.41) is 5.83. The van der Waals surface area contributed by atoms with E-state index in [1.807, 2.05) is 45.9 Å². The fourth-order valence-electron chi connectivity index (χ4n) is 3.42. The Morgan fingerprint density at radius 1 is 0.969 bits per heavy atom.